The van der Waals surface area contributed by atoms with Crippen LogP contribution >= 0.6 is 11.6 Å². The van der Waals surface area contributed by atoms with Crippen molar-refractivity contribution in [2.24, 2.45) is 0 Å². The fraction of sp³-hybridized carbons (Fsp3) is 0.222. The molecule has 0 fully saturated rings. The highest BCUT2D eigenvalue weighted by molar-refractivity contribution is 6.32. The Morgan fingerprint density at radius 2 is 1.92 bits per heavy atom. The van der Waals surface area contributed by atoms with Crippen LogP contribution < -0.4 is 0 Å². The van der Waals surface area contributed by atoms with Crippen LogP contribution in [-0.4, -0.2) is 35.4 Å². The van der Waals surface area contributed by atoms with Crippen molar-refractivity contribution in [3.8, 4) is 0 Å². The topological polar surface area (TPSA) is 89.8 Å². The Labute approximate surface area is 155 Å². The number of hydrogen-bond donors (Lipinski definition) is 0. The highest BCUT2D eigenvalue weighted by Crippen LogP contribution is 2.25. The van der Waals surface area contributed by atoms with Crippen molar-refractivity contribution in [2.45, 2.75) is 13.5 Å². The van der Waals surface area contributed by atoms with E-state index < -0.39 is 23.2 Å². The molecule has 0 unspecified atom stereocenters. The van der Waals surface area contributed by atoms with Gasteiger partial charge in [0.25, 0.3) is 11.6 Å². The maximum Gasteiger partial charge on any atom is 0.338 e. The number of amides is 1. The highest BCUT2D eigenvalue weighted by Gasteiger charge is 2.19. The van der Waals surface area contributed by atoms with Crippen molar-refractivity contribution >= 4 is 29.2 Å². The van der Waals surface area contributed by atoms with Gasteiger partial charge in [-0.05, 0) is 30.2 Å². The molecule has 0 heterocycles. The lowest BCUT2D eigenvalue weighted by atomic mass is 10.1. The van der Waals surface area contributed by atoms with E-state index in [-0.39, 0.29) is 16.5 Å². The van der Waals surface area contributed by atoms with Gasteiger partial charge in [0.05, 0.1) is 10.5 Å². The Morgan fingerprint density at radius 1 is 1.23 bits per heavy atom. The maximum absolute atomic E-state index is 12.1. The molecule has 0 spiro atoms. The minimum absolute atomic E-state index is 0.0459. The van der Waals surface area contributed by atoms with Crippen LogP contribution in [0.5, 0.6) is 0 Å². The summed E-state index contributed by atoms with van der Waals surface area (Å²) in [6.07, 6.45) is 0. The normalized spacial score (nSPS) is 10.3. The SMILES string of the molecule is Cc1ccccc1CN(C)C(=O)COC(=O)c1ccc(Cl)c([N+](=O)[O-])c1. The third kappa shape index (κ3) is 4.80. The van der Waals surface area contributed by atoms with Gasteiger partial charge in [0.15, 0.2) is 6.61 Å². The van der Waals surface area contributed by atoms with Crippen LogP contribution in [0, 0.1) is 17.0 Å². The van der Waals surface area contributed by atoms with Crippen molar-refractivity contribution in [2.75, 3.05) is 13.7 Å². The molecule has 136 valence electrons. The quantitative estimate of drug-likeness (QED) is 0.438. The lowest BCUT2D eigenvalue weighted by Crippen LogP contribution is -2.31. The molecule has 0 aromatic heterocycles. The first kappa shape index (κ1) is 19.4. The fourth-order valence-corrected chi connectivity index (χ4v) is 2.42. The van der Waals surface area contributed by atoms with E-state index in [9.17, 15) is 19.7 Å². The lowest BCUT2D eigenvalue weighted by molar-refractivity contribution is -0.384. The number of esters is 1. The predicted octanol–water partition coefficient (Wildman–Crippen LogP) is 3.37. The van der Waals surface area contributed by atoms with Gasteiger partial charge in [0.2, 0.25) is 0 Å². The average Bonchev–Trinajstić information content (AvgIpc) is 2.61. The van der Waals surface area contributed by atoms with Crippen molar-refractivity contribution in [1.29, 1.82) is 0 Å². The zero-order chi connectivity index (χ0) is 19.3. The number of benzene rings is 2. The summed E-state index contributed by atoms with van der Waals surface area (Å²) in [5, 5.41) is 10.8. The second-order valence-electron chi connectivity index (χ2n) is 5.68. The summed E-state index contributed by atoms with van der Waals surface area (Å²) in [5.41, 5.74) is 1.60. The molecule has 8 heteroatoms. The van der Waals surface area contributed by atoms with E-state index in [0.29, 0.717) is 6.54 Å². The molecular weight excluding hydrogens is 360 g/mol. The minimum Gasteiger partial charge on any atom is -0.452 e. The van der Waals surface area contributed by atoms with E-state index in [1.807, 2.05) is 31.2 Å². The number of carbonyl (C=O) groups is 2. The summed E-state index contributed by atoms with van der Waals surface area (Å²) < 4.78 is 4.96. The minimum atomic E-state index is -0.831. The number of ether oxygens (including phenoxy) is 1. The molecule has 26 heavy (non-hydrogen) atoms. The Hall–Kier alpha value is -2.93. The summed E-state index contributed by atoms with van der Waals surface area (Å²) >= 11 is 5.70. The molecule has 0 aliphatic heterocycles. The summed E-state index contributed by atoms with van der Waals surface area (Å²) in [4.78, 5) is 35.8. The molecule has 2 aromatic carbocycles. The Kier molecular flexibility index (Phi) is 6.30. The van der Waals surface area contributed by atoms with Gasteiger partial charge in [0.1, 0.15) is 5.02 Å². The van der Waals surface area contributed by atoms with Gasteiger partial charge in [0, 0.05) is 19.7 Å². The largest absolute Gasteiger partial charge is 0.452 e. The van der Waals surface area contributed by atoms with Crippen molar-refractivity contribution in [3.05, 3.63) is 74.3 Å². The van der Waals surface area contributed by atoms with E-state index in [1.54, 1.807) is 7.05 Å². The van der Waals surface area contributed by atoms with E-state index in [2.05, 4.69) is 0 Å². The van der Waals surface area contributed by atoms with Crippen molar-refractivity contribution < 1.29 is 19.2 Å². The molecule has 2 aromatic rings. The van der Waals surface area contributed by atoms with Gasteiger partial charge >= 0.3 is 5.97 Å². The summed E-state index contributed by atoms with van der Waals surface area (Å²) in [6.45, 7) is 1.87. The number of nitrogens with zero attached hydrogens (tertiary/aromatic N) is 2. The number of aryl methyl sites for hydroxylation is 1. The van der Waals surface area contributed by atoms with Crippen LogP contribution in [0.3, 0.4) is 0 Å². The molecule has 0 aliphatic rings. The average molecular weight is 377 g/mol. The van der Waals surface area contributed by atoms with Crippen LogP contribution in [0.4, 0.5) is 5.69 Å². The van der Waals surface area contributed by atoms with Gasteiger partial charge in [-0.3, -0.25) is 14.9 Å². The van der Waals surface area contributed by atoms with Crippen LogP contribution in [-0.2, 0) is 16.1 Å². The summed E-state index contributed by atoms with van der Waals surface area (Å²) in [5.74, 6) is -1.22. The smallest absolute Gasteiger partial charge is 0.338 e. The predicted molar refractivity (Wildman–Crippen MR) is 96.0 cm³/mol. The number of likely N-dealkylation sites (N-methyl/N-ethyl adjacent to an activating group) is 1. The molecule has 0 N–H and O–H groups in total. The molecule has 7 nitrogen and oxygen atoms in total. The fourth-order valence-electron chi connectivity index (χ4n) is 2.23. The Balaban J connectivity index is 1.96. The second kappa shape index (κ2) is 8.44. The number of halogens is 1. The van der Waals surface area contributed by atoms with E-state index in [4.69, 9.17) is 16.3 Å². The maximum atomic E-state index is 12.1. The second-order valence-corrected chi connectivity index (χ2v) is 6.08. The van der Waals surface area contributed by atoms with Crippen LogP contribution in [0.15, 0.2) is 42.5 Å². The number of nitro groups is 1. The number of hydrogen-bond acceptors (Lipinski definition) is 5. The third-order valence-electron chi connectivity index (χ3n) is 3.80. The number of rotatable bonds is 6. The van der Waals surface area contributed by atoms with Crippen molar-refractivity contribution in [1.82, 2.24) is 4.90 Å². The van der Waals surface area contributed by atoms with Crippen LogP contribution in [0.2, 0.25) is 5.02 Å². The first-order valence-corrected chi connectivity index (χ1v) is 8.07. The first-order chi connectivity index (χ1) is 12.3. The molecule has 0 aliphatic carbocycles. The van der Waals surface area contributed by atoms with E-state index in [0.717, 1.165) is 17.2 Å². The number of nitro benzene ring substituents is 1. The monoisotopic (exact) mass is 376 g/mol. The standard InChI is InChI=1S/C18H17ClN2O5/c1-12-5-3-4-6-14(12)10-20(2)17(22)11-26-18(23)13-7-8-15(19)16(9-13)21(24)25/h3-9H,10-11H2,1-2H3. The van der Waals surface area contributed by atoms with Gasteiger partial charge in [-0.15, -0.1) is 0 Å². The van der Waals surface area contributed by atoms with Gasteiger partial charge in [-0.25, -0.2) is 4.79 Å². The molecule has 0 saturated carbocycles. The van der Waals surface area contributed by atoms with E-state index >= 15 is 0 Å². The first-order valence-electron chi connectivity index (χ1n) is 7.69. The summed E-state index contributed by atoms with van der Waals surface area (Å²) in [6, 6.07) is 11.2. The zero-order valence-electron chi connectivity index (χ0n) is 14.3. The molecule has 0 bridgehead atoms. The number of carbonyl (C=O) groups excluding carboxylic acids is 2. The molecule has 0 atom stereocenters. The van der Waals surface area contributed by atoms with Crippen LogP contribution in [0.1, 0.15) is 21.5 Å². The summed E-state index contributed by atoms with van der Waals surface area (Å²) in [7, 11) is 1.61. The molecule has 2 rings (SSSR count). The zero-order valence-corrected chi connectivity index (χ0v) is 15.0. The van der Waals surface area contributed by atoms with Crippen molar-refractivity contribution in [3.63, 3.8) is 0 Å². The highest BCUT2D eigenvalue weighted by atomic mass is 35.5. The Bertz CT molecular complexity index is 853. The van der Waals surface area contributed by atoms with Gasteiger partial charge in [-0.2, -0.15) is 0 Å². The Morgan fingerprint density at radius 3 is 2.58 bits per heavy atom. The third-order valence-corrected chi connectivity index (χ3v) is 4.12. The molecule has 1 amide bonds. The molecular formula is C18H17ClN2O5. The van der Waals surface area contributed by atoms with E-state index in [1.165, 1.54) is 17.0 Å². The molecule has 0 radical (unpaired) electrons. The van der Waals surface area contributed by atoms with Crippen LogP contribution in [0.25, 0.3) is 0 Å². The van der Waals surface area contributed by atoms with Gasteiger partial charge in [-0.1, -0.05) is 35.9 Å². The lowest BCUT2D eigenvalue weighted by Gasteiger charge is -2.18. The molecule has 0 saturated heterocycles. The van der Waals surface area contributed by atoms with Gasteiger partial charge < -0.3 is 9.64 Å².